The minimum atomic E-state index is -4.56. The van der Waals surface area contributed by atoms with Gasteiger partial charge in [0.25, 0.3) is 5.91 Å². The highest BCUT2D eigenvalue weighted by atomic mass is 19.4. The van der Waals surface area contributed by atoms with Crippen LogP contribution in [-0.2, 0) is 15.8 Å². The normalized spacial score (nSPS) is 14.6. The topological polar surface area (TPSA) is 81.8 Å². The van der Waals surface area contributed by atoms with E-state index >= 15 is 0 Å². The molecule has 33 heavy (non-hydrogen) atoms. The van der Waals surface area contributed by atoms with Crippen molar-refractivity contribution in [3.8, 4) is 0 Å². The molecule has 0 spiro atoms. The van der Waals surface area contributed by atoms with Crippen molar-refractivity contribution in [2.45, 2.75) is 12.6 Å². The first-order valence-electron chi connectivity index (χ1n) is 10.5. The Kier molecular flexibility index (Phi) is 8.05. The third kappa shape index (κ3) is 7.04. The maximum absolute atomic E-state index is 13.1. The molecule has 7 nitrogen and oxygen atoms in total. The van der Waals surface area contributed by atoms with Crippen LogP contribution in [0.5, 0.6) is 0 Å². The number of amides is 3. The van der Waals surface area contributed by atoms with Crippen LogP contribution in [0.25, 0.3) is 0 Å². The minimum Gasteiger partial charge on any atom is -0.352 e. The molecule has 3 rings (SSSR count). The number of para-hydroxylation sites is 1. The monoisotopic (exact) mass is 462 g/mol. The number of anilines is 1. The van der Waals surface area contributed by atoms with Gasteiger partial charge in [-0.05, 0) is 24.3 Å². The van der Waals surface area contributed by atoms with Crippen molar-refractivity contribution < 1.29 is 27.6 Å². The molecular formula is C23H25F3N4O3. The second-order valence-corrected chi connectivity index (χ2v) is 7.62. The molecule has 0 aromatic heterocycles. The standard InChI is InChI=1S/C23H25F3N4O3/c24-23(25,26)18-8-4-5-9-19(18)28-20(31)16-29-12-14-30(15-13-29)21(32)10-11-27-22(33)17-6-2-1-3-7-17/h1-9H,10-16H2,(H,27,33)(H,28,31). The molecule has 1 heterocycles. The molecular weight excluding hydrogens is 437 g/mol. The lowest BCUT2D eigenvalue weighted by Crippen LogP contribution is -2.50. The van der Waals surface area contributed by atoms with Gasteiger partial charge in [-0.1, -0.05) is 30.3 Å². The summed E-state index contributed by atoms with van der Waals surface area (Å²) in [6.45, 7) is 1.80. The molecule has 3 amide bonds. The van der Waals surface area contributed by atoms with E-state index in [9.17, 15) is 27.6 Å². The smallest absolute Gasteiger partial charge is 0.352 e. The Balaban J connectivity index is 1.39. The Hall–Kier alpha value is -3.40. The van der Waals surface area contributed by atoms with E-state index in [2.05, 4.69) is 10.6 Å². The van der Waals surface area contributed by atoms with Crippen LogP contribution in [0.3, 0.4) is 0 Å². The van der Waals surface area contributed by atoms with Crippen LogP contribution in [0.4, 0.5) is 18.9 Å². The average molecular weight is 462 g/mol. The fourth-order valence-corrected chi connectivity index (χ4v) is 3.52. The summed E-state index contributed by atoms with van der Waals surface area (Å²) in [7, 11) is 0. The number of carbonyl (C=O) groups excluding carboxylic acids is 3. The van der Waals surface area contributed by atoms with Crippen LogP contribution in [0, 0.1) is 0 Å². The van der Waals surface area contributed by atoms with Gasteiger partial charge in [-0.2, -0.15) is 13.2 Å². The molecule has 0 unspecified atom stereocenters. The van der Waals surface area contributed by atoms with Crippen molar-refractivity contribution in [1.82, 2.24) is 15.1 Å². The second kappa shape index (κ2) is 11.0. The lowest BCUT2D eigenvalue weighted by atomic mass is 10.1. The van der Waals surface area contributed by atoms with Crippen molar-refractivity contribution in [2.75, 3.05) is 44.6 Å². The number of carbonyl (C=O) groups is 3. The number of halogens is 3. The first kappa shape index (κ1) is 24.2. The van der Waals surface area contributed by atoms with E-state index in [1.54, 1.807) is 34.1 Å². The molecule has 10 heteroatoms. The molecule has 0 bridgehead atoms. The van der Waals surface area contributed by atoms with Gasteiger partial charge in [-0.15, -0.1) is 0 Å². The van der Waals surface area contributed by atoms with E-state index in [4.69, 9.17) is 0 Å². The molecule has 1 fully saturated rings. The lowest BCUT2D eigenvalue weighted by molar-refractivity contribution is -0.137. The second-order valence-electron chi connectivity index (χ2n) is 7.62. The number of hydrogen-bond donors (Lipinski definition) is 2. The first-order chi connectivity index (χ1) is 15.7. The number of rotatable bonds is 7. The molecule has 2 aromatic carbocycles. The zero-order valence-corrected chi connectivity index (χ0v) is 17.9. The number of piperazine rings is 1. The lowest BCUT2D eigenvalue weighted by Gasteiger charge is -2.34. The summed E-state index contributed by atoms with van der Waals surface area (Å²) in [5.41, 5.74) is -0.649. The molecule has 2 aromatic rings. The van der Waals surface area contributed by atoms with E-state index in [0.717, 1.165) is 6.07 Å². The van der Waals surface area contributed by atoms with Gasteiger partial charge in [0.15, 0.2) is 0 Å². The van der Waals surface area contributed by atoms with Crippen LogP contribution in [0.15, 0.2) is 54.6 Å². The largest absolute Gasteiger partial charge is 0.418 e. The minimum absolute atomic E-state index is 0.0681. The number of hydrogen-bond acceptors (Lipinski definition) is 4. The fraction of sp³-hybridized carbons (Fsp3) is 0.348. The summed E-state index contributed by atoms with van der Waals surface area (Å²) in [4.78, 5) is 40.1. The summed E-state index contributed by atoms with van der Waals surface area (Å²) < 4.78 is 39.2. The number of benzene rings is 2. The number of nitrogens with zero attached hydrogens (tertiary/aromatic N) is 2. The highest BCUT2D eigenvalue weighted by molar-refractivity contribution is 5.94. The van der Waals surface area contributed by atoms with E-state index in [0.29, 0.717) is 31.7 Å². The Labute approximate surface area is 189 Å². The van der Waals surface area contributed by atoms with Gasteiger partial charge in [0, 0.05) is 44.7 Å². The molecule has 0 atom stereocenters. The highest BCUT2D eigenvalue weighted by Gasteiger charge is 2.33. The van der Waals surface area contributed by atoms with Crippen LogP contribution in [-0.4, -0.2) is 66.8 Å². The van der Waals surface area contributed by atoms with E-state index in [1.165, 1.54) is 18.2 Å². The molecule has 1 aliphatic rings. The zero-order valence-electron chi connectivity index (χ0n) is 17.9. The molecule has 0 radical (unpaired) electrons. The van der Waals surface area contributed by atoms with Crippen molar-refractivity contribution in [1.29, 1.82) is 0 Å². The van der Waals surface area contributed by atoms with Gasteiger partial charge in [-0.3, -0.25) is 19.3 Å². The van der Waals surface area contributed by atoms with Crippen molar-refractivity contribution in [3.63, 3.8) is 0 Å². The van der Waals surface area contributed by atoms with Gasteiger partial charge in [0.05, 0.1) is 17.8 Å². The zero-order chi connectivity index (χ0) is 23.8. The fourth-order valence-electron chi connectivity index (χ4n) is 3.52. The van der Waals surface area contributed by atoms with Gasteiger partial charge < -0.3 is 15.5 Å². The quantitative estimate of drug-likeness (QED) is 0.663. The summed E-state index contributed by atoms with van der Waals surface area (Å²) in [6.07, 6.45) is -4.40. The SMILES string of the molecule is O=C(CN1CCN(C(=O)CCNC(=O)c2ccccc2)CC1)Nc1ccccc1C(F)(F)F. The summed E-state index contributed by atoms with van der Waals surface area (Å²) in [5.74, 6) is -0.895. The average Bonchev–Trinajstić information content (AvgIpc) is 2.79. The van der Waals surface area contributed by atoms with Gasteiger partial charge in [-0.25, -0.2) is 0 Å². The maximum Gasteiger partial charge on any atom is 0.418 e. The molecule has 2 N–H and O–H groups in total. The van der Waals surface area contributed by atoms with Gasteiger partial charge in [0.2, 0.25) is 11.8 Å². The summed E-state index contributed by atoms with van der Waals surface area (Å²) in [6, 6.07) is 13.5. The molecule has 0 saturated carbocycles. The first-order valence-corrected chi connectivity index (χ1v) is 10.5. The van der Waals surface area contributed by atoms with E-state index < -0.39 is 17.6 Å². The van der Waals surface area contributed by atoms with Crippen molar-refractivity contribution in [3.05, 3.63) is 65.7 Å². The Morgan fingerprint density at radius 3 is 2.18 bits per heavy atom. The van der Waals surface area contributed by atoms with Crippen LogP contribution in [0.1, 0.15) is 22.3 Å². The predicted octanol–water partition coefficient (Wildman–Crippen LogP) is 2.61. The Bertz CT molecular complexity index is 974. The summed E-state index contributed by atoms with van der Waals surface area (Å²) in [5, 5.41) is 5.04. The highest BCUT2D eigenvalue weighted by Crippen LogP contribution is 2.34. The van der Waals surface area contributed by atoms with Crippen LogP contribution >= 0.6 is 0 Å². The van der Waals surface area contributed by atoms with Crippen molar-refractivity contribution in [2.24, 2.45) is 0 Å². The third-order valence-electron chi connectivity index (χ3n) is 5.26. The molecule has 1 saturated heterocycles. The Morgan fingerprint density at radius 1 is 0.879 bits per heavy atom. The number of nitrogens with one attached hydrogen (secondary N) is 2. The third-order valence-corrected chi connectivity index (χ3v) is 5.26. The molecule has 1 aliphatic heterocycles. The number of alkyl halides is 3. The predicted molar refractivity (Wildman–Crippen MR) is 116 cm³/mol. The molecule has 176 valence electrons. The summed E-state index contributed by atoms with van der Waals surface area (Å²) >= 11 is 0. The van der Waals surface area contributed by atoms with Crippen LogP contribution in [0.2, 0.25) is 0 Å². The van der Waals surface area contributed by atoms with E-state index in [-0.39, 0.29) is 37.0 Å². The van der Waals surface area contributed by atoms with Crippen molar-refractivity contribution >= 4 is 23.4 Å². The Morgan fingerprint density at radius 2 is 1.52 bits per heavy atom. The molecule has 0 aliphatic carbocycles. The van der Waals surface area contributed by atoms with Crippen LogP contribution < -0.4 is 10.6 Å². The van der Waals surface area contributed by atoms with Gasteiger partial charge >= 0.3 is 6.18 Å². The maximum atomic E-state index is 13.1. The van der Waals surface area contributed by atoms with Gasteiger partial charge in [0.1, 0.15) is 0 Å². The van der Waals surface area contributed by atoms with E-state index in [1.807, 2.05) is 6.07 Å².